The lowest BCUT2D eigenvalue weighted by molar-refractivity contribution is 0.715. The van der Waals surface area contributed by atoms with Gasteiger partial charge >= 0.3 is 0 Å². The summed E-state index contributed by atoms with van der Waals surface area (Å²) in [5.41, 5.74) is 2.31. The number of benzene rings is 2. The summed E-state index contributed by atoms with van der Waals surface area (Å²) in [6.07, 6.45) is 4.45. The van der Waals surface area contributed by atoms with Gasteiger partial charge in [0.25, 0.3) is 0 Å². The standard InChI is InChI=1S/C18H18ClN/c19-13-7-1-2-11-17-15-9-4-3-8-14(15)16-10-5-6-12-18(16)20-17/h3-6,8-10,12H,1-2,7,11,13H2. The molecular formula is C18H18ClN. The zero-order valence-electron chi connectivity index (χ0n) is 11.5. The summed E-state index contributed by atoms with van der Waals surface area (Å²) < 4.78 is 0. The highest BCUT2D eigenvalue weighted by atomic mass is 35.5. The van der Waals surface area contributed by atoms with Crippen LogP contribution in [0.1, 0.15) is 25.0 Å². The normalized spacial score (nSPS) is 11.2. The molecule has 0 spiro atoms. The quantitative estimate of drug-likeness (QED) is 0.350. The van der Waals surface area contributed by atoms with Crippen LogP contribution in [0.25, 0.3) is 21.7 Å². The van der Waals surface area contributed by atoms with E-state index in [0.29, 0.717) is 0 Å². The van der Waals surface area contributed by atoms with Crippen LogP contribution in [-0.2, 0) is 6.42 Å². The molecule has 0 unspecified atom stereocenters. The molecule has 0 fully saturated rings. The first-order chi connectivity index (χ1) is 9.90. The zero-order chi connectivity index (χ0) is 13.8. The van der Waals surface area contributed by atoms with Gasteiger partial charge in [0.05, 0.1) is 5.52 Å². The van der Waals surface area contributed by atoms with Crippen molar-refractivity contribution in [2.24, 2.45) is 0 Å². The van der Waals surface area contributed by atoms with Crippen LogP contribution in [0.15, 0.2) is 48.5 Å². The van der Waals surface area contributed by atoms with Gasteiger partial charge in [0.15, 0.2) is 0 Å². The largest absolute Gasteiger partial charge is 0.252 e. The molecule has 0 saturated carbocycles. The smallest absolute Gasteiger partial charge is 0.0711 e. The fraction of sp³-hybridized carbons (Fsp3) is 0.278. The maximum atomic E-state index is 5.74. The van der Waals surface area contributed by atoms with Crippen molar-refractivity contribution in [3.05, 3.63) is 54.2 Å². The number of aryl methyl sites for hydroxylation is 1. The maximum Gasteiger partial charge on any atom is 0.0711 e. The highest BCUT2D eigenvalue weighted by molar-refractivity contribution is 6.17. The Morgan fingerprint density at radius 1 is 0.750 bits per heavy atom. The van der Waals surface area contributed by atoms with Gasteiger partial charge in [0, 0.05) is 22.3 Å². The Labute approximate surface area is 124 Å². The first-order valence-electron chi connectivity index (χ1n) is 7.22. The molecule has 0 bridgehead atoms. The van der Waals surface area contributed by atoms with Crippen molar-refractivity contribution in [2.45, 2.75) is 25.7 Å². The first-order valence-corrected chi connectivity index (χ1v) is 7.76. The topological polar surface area (TPSA) is 12.9 Å². The van der Waals surface area contributed by atoms with Crippen LogP contribution in [-0.4, -0.2) is 10.9 Å². The molecule has 2 heteroatoms. The second-order valence-electron chi connectivity index (χ2n) is 5.12. The summed E-state index contributed by atoms with van der Waals surface area (Å²) in [5.74, 6) is 0.756. The van der Waals surface area contributed by atoms with Crippen LogP contribution in [0.5, 0.6) is 0 Å². The molecule has 0 saturated heterocycles. The summed E-state index contributed by atoms with van der Waals surface area (Å²) in [7, 11) is 0. The van der Waals surface area contributed by atoms with Gasteiger partial charge in [-0.2, -0.15) is 0 Å². The number of halogens is 1. The Morgan fingerprint density at radius 3 is 2.25 bits per heavy atom. The van der Waals surface area contributed by atoms with E-state index in [9.17, 15) is 0 Å². The van der Waals surface area contributed by atoms with E-state index in [1.807, 2.05) is 0 Å². The van der Waals surface area contributed by atoms with Crippen LogP contribution in [0.4, 0.5) is 0 Å². The van der Waals surface area contributed by atoms with Crippen LogP contribution < -0.4 is 0 Å². The summed E-state index contributed by atoms with van der Waals surface area (Å²) in [4.78, 5) is 4.87. The molecule has 1 nitrogen and oxygen atoms in total. The van der Waals surface area contributed by atoms with E-state index in [1.165, 1.54) is 28.3 Å². The van der Waals surface area contributed by atoms with Gasteiger partial charge < -0.3 is 0 Å². The molecule has 3 aromatic rings. The Kier molecular flexibility index (Phi) is 4.17. The number of para-hydroxylation sites is 1. The second-order valence-corrected chi connectivity index (χ2v) is 5.50. The molecule has 0 aliphatic heterocycles. The van der Waals surface area contributed by atoms with E-state index in [4.69, 9.17) is 16.6 Å². The first kappa shape index (κ1) is 13.4. The van der Waals surface area contributed by atoms with Gasteiger partial charge in [0.2, 0.25) is 0 Å². The number of pyridine rings is 1. The zero-order valence-corrected chi connectivity index (χ0v) is 12.2. The molecule has 0 radical (unpaired) electrons. The Bertz CT molecular complexity index is 721. The molecule has 2 aromatic carbocycles. The molecule has 3 rings (SSSR count). The monoisotopic (exact) mass is 283 g/mol. The van der Waals surface area contributed by atoms with Crippen LogP contribution >= 0.6 is 11.6 Å². The lowest BCUT2D eigenvalue weighted by Gasteiger charge is -2.09. The van der Waals surface area contributed by atoms with Gasteiger partial charge in [0.1, 0.15) is 0 Å². The van der Waals surface area contributed by atoms with Crippen molar-refractivity contribution < 1.29 is 0 Å². The number of aromatic nitrogens is 1. The number of hydrogen-bond acceptors (Lipinski definition) is 1. The molecule has 0 atom stereocenters. The molecule has 102 valence electrons. The third-order valence-electron chi connectivity index (χ3n) is 3.73. The molecule has 20 heavy (non-hydrogen) atoms. The lowest BCUT2D eigenvalue weighted by atomic mass is 10.0. The highest BCUT2D eigenvalue weighted by Gasteiger charge is 2.07. The van der Waals surface area contributed by atoms with E-state index < -0.39 is 0 Å². The maximum absolute atomic E-state index is 5.74. The predicted molar refractivity (Wildman–Crippen MR) is 87.5 cm³/mol. The minimum atomic E-state index is 0.756. The molecular weight excluding hydrogens is 266 g/mol. The molecule has 0 aliphatic rings. The van der Waals surface area contributed by atoms with Crippen LogP contribution in [0, 0.1) is 0 Å². The third-order valence-corrected chi connectivity index (χ3v) is 4.00. The van der Waals surface area contributed by atoms with E-state index in [-0.39, 0.29) is 0 Å². The Balaban J connectivity index is 2.05. The molecule has 1 heterocycles. The number of nitrogens with zero attached hydrogens (tertiary/aromatic N) is 1. The summed E-state index contributed by atoms with van der Waals surface area (Å²) in [6.45, 7) is 0. The highest BCUT2D eigenvalue weighted by Crippen LogP contribution is 2.27. The van der Waals surface area contributed by atoms with Crippen molar-refractivity contribution in [2.75, 3.05) is 5.88 Å². The Morgan fingerprint density at radius 2 is 1.45 bits per heavy atom. The minimum absolute atomic E-state index is 0.756. The predicted octanol–water partition coefficient (Wildman–Crippen LogP) is 5.34. The van der Waals surface area contributed by atoms with Crippen molar-refractivity contribution in [1.29, 1.82) is 0 Å². The third kappa shape index (κ3) is 2.64. The molecule has 0 N–H and O–H groups in total. The summed E-state index contributed by atoms with van der Waals surface area (Å²) in [5, 5.41) is 3.84. The fourth-order valence-corrected chi connectivity index (χ4v) is 2.92. The van der Waals surface area contributed by atoms with Crippen molar-refractivity contribution >= 4 is 33.3 Å². The van der Waals surface area contributed by atoms with Crippen molar-refractivity contribution in [3.8, 4) is 0 Å². The van der Waals surface area contributed by atoms with Crippen molar-refractivity contribution in [1.82, 2.24) is 4.98 Å². The van der Waals surface area contributed by atoms with Gasteiger partial charge in [-0.25, -0.2) is 0 Å². The average Bonchev–Trinajstić information content (AvgIpc) is 2.51. The second kappa shape index (κ2) is 6.23. The molecule has 0 aliphatic carbocycles. The van der Waals surface area contributed by atoms with E-state index in [2.05, 4.69) is 48.5 Å². The van der Waals surface area contributed by atoms with Gasteiger partial charge in [-0.05, 0) is 30.7 Å². The van der Waals surface area contributed by atoms with Crippen molar-refractivity contribution in [3.63, 3.8) is 0 Å². The van der Waals surface area contributed by atoms with Gasteiger partial charge in [-0.1, -0.05) is 48.9 Å². The van der Waals surface area contributed by atoms with Crippen LogP contribution in [0.3, 0.4) is 0 Å². The lowest BCUT2D eigenvalue weighted by Crippen LogP contribution is -1.94. The Hall–Kier alpha value is -1.60. The molecule has 1 aromatic heterocycles. The van der Waals surface area contributed by atoms with E-state index in [0.717, 1.165) is 30.7 Å². The van der Waals surface area contributed by atoms with E-state index in [1.54, 1.807) is 0 Å². The number of unbranched alkanes of at least 4 members (excludes halogenated alkanes) is 2. The number of rotatable bonds is 5. The molecule has 0 amide bonds. The van der Waals surface area contributed by atoms with Gasteiger partial charge in [-0.3, -0.25) is 4.98 Å². The number of fused-ring (bicyclic) bond motifs is 3. The number of alkyl halides is 1. The summed E-state index contributed by atoms with van der Waals surface area (Å²) in [6, 6.07) is 17.0. The summed E-state index contributed by atoms with van der Waals surface area (Å²) >= 11 is 5.74. The number of hydrogen-bond donors (Lipinski definition) is 0. The van der Waals surface area contributed by atoms with Crippen LogP contribution in [0.2, 0.25) is 0 Å². The van der Waals surface area contributed by atoms with Gasteiger partial charge in [-0.15, -0.1) is 11.6 Å². The minimum Gasteiger partial charge on any atom is -0.252 e. The van der Waals surface area contributed by atoms with E-state index >= 15 is 0 Å². The SMILES string of the molecule is ClCCCCCc1nc2ccccc2c2ccccc12. The average molecular weight is 284 g/mol. The fourth-order valence-electron chi connectivity index (χ4n) is 2.73.